The number of urea groups is 1. The Morgan fingerprint density at radius 1 is 1.59 bits per heavy atom. The van der Waals surface area contributed by atoms with Crippen LogP contribution in [0.25, 0.3) is 10.9 Å². The van der Waals surface area contributed by atoms with Crippen molar-refractivity contribution in [2.24, 2.45) is 17.6 Å². The molecule has 5 atom stereocenters. The molecule has 1 aromatic heterocycles. The topological polar surface area (TPSA) is 101 Å². The highest BCUT2D eigenvalue weighted by atomic mass is 32.1. The van der Waals surface area contributed by atoms with Gasteiger partial charge in [0.1, 0.15) is 6.87 Å². The van der Waals surface area contributed by atoms with Crippen LogP contribution in [-0.4, -0.2) is 48.4 Å². The molecule has 29 heavy (non-hydrogen) atoms. The van der Waals surface area contributed by atoms with Gasteiger partial charge in [0.15, 0.2) is 0 Å². The van der Waals surface area contributed by atoms with E-state index in [1.807, 2.05) is 29.0 Å². The third-order valence-electron chi connectivity index (χ3n) is 5.92. The van der Waals surface area contributed by atoms with E-state index in [0.717, 1.165) is 41.7 Å². The number of methoxy groups -OCH3 is 1. The van der Waals surface area contributed by atoms with Crippen molar-refractivity contribution in [2.45, 2.75) is 25.0 Å². The molecule has 156 valence electrons. The second kappa shape index (κ2) is 9.47. The highest BCUT2D eigenvalue weighted by Gasteiger charge is 2.42. The van der Waals surface area contributed by atoms with Gasteiger partial charge in [0, 0.05) is 24.2 Å². The van der Waals surface area contributed by atoms with Gasteiger partial charge in [-0.15, -0.1) is 6.58 Å². The number of hydrogen-bond donors (Lipinski definition) is 4. The van der Waals surface area contributed by atoms with Gasteiger partial charge in [0.2, 0.25) is 0 Å². The minimum atomic E-state index is -0.685. The molecule has 0 radical (unpaired) electrons. The van der Waals surface area contributed by atoms with Crippen LogP contribution < -0.4 is 15.2 Å². The van der Waals surface area contributed by atoms with Gasteiger partial charge in [-0.3, -0.25) is 14.6 Å². The summed E-state index contributed by atoms with van der Waals surface area (Å²) < 4.78 is 13.5. The number of hydrogen-bond acceptors (Lipinski definition) is 6. The molecule has 0 spiro atoms. The maximum atomic E-state index is 11.2. The van der Waals surface area contributed by atoms with E-state index in [1.165, 1.54) is 6.42 Å². The van der Waals surface area contributed by atoms with Crippen LogP contribution in [0.3, 0.4) is 0 Å². The lowest BCUT2D eigenvalue weighted by atomic mass is 9.73. The summed E-state index contributed by atoms with van der Waals surface area (Å²) in [6, 6.07) is 7.27. The number of amides is 2. The summed E-state index contributed by atoms with van der Waals surface area (Å²) in [5.41, 5.74) is 6.36. The fourth-order valence-corrected chi connectivity index (χ4v) is 4.44. The van der Waals surface area contributed by atoms with Gasteiger partial charge in [-0.1, -0.05) is 18.8 Å². The number of nitrogens with zero attached hydrogens (tertiary/aromatic N) is 2. The van der Waals surface area contributed by atoms with Gasteiger partial charge in [0.25, 0.3) is 0 Å². The molecule has 3 unspecified atom stereocenters. The zero-order chi connectivity index (χ0) is 21.7. The molecular formula is C21H28N4O3S. The number of benzene rings is 1. The molecule has 7 nitrogen and oxygen atoms in total. The number of primary amides is 1. The average molecular weight is 418 g/mol. The fraction of sp³-hybridized carbons (Fsp3) is 0.429. The number of pyridine rings is 1. The number of nitrogens with two attached hydrogens (primary N) is 1. The number of aromatic nitrogens is 1. The van der Waals surface area contributed by atoms with Crippen LogP contribution in [0.5, 0.6) is 5.75 Å². The molecule has 1 aromatic carbocycles. The molecule has 0 aliphatic carbocycles. The summed E-state index contributed by atoms with van der Waals surface area (Å²) in [6.45, 7) is 6.07. The molecule has 3 saturated heterocycles. The molecule has 3 aliphatic heterocycles. The van der Waals surface area contributed by atoms with Crippen molar-refractivity contribution in [3.05, 3.63) is 48.7 Å². The van der Waals surface area contributed by atoms with Crippen molar-refractivity contribution in [1.29, 1.82) is 1.12 Å². The number of rotatable bonds is 5. The van der Waals surface area contributed by atoms with Crippen LogP contribution in [-0.2, 0) is 0 Å². The summed E-state index contributed by atoms with van der Waals surface area (Å²) in [5, 5.41) is 12.1. The van der Waals surface area contributed by atoms with Gasteiger partial charge in [0.05, 0.1) is 18.7 Å². The highest BCUT2D eigenvalue weighted by molar-refractivity contribution is 7.78. The molecule has 8 heteroatoms. The first kappa shape index (κ1) is 20.0. The zero-order valence-corrected chi connectivity index (χ0v) is 17.3. The number of aliphatic hydroxyl groups is 1. The number of nitrogens with one attached hydrogen (secondary N) is 1. The molecule has 0 saturated carbocycles. The van der Waals surface area contributed by atoms with Crippen LogP contribution in [0.1, 0.15) is 24.5 Å². The van der Waals surface area contributed by atoms with Crippen LogP contribution in [0.2, 0.25) is 0 Å². The fourth-order valence-electron chi connectivity index (χ4n) is 4.44. The van der Waals surface area contributed by atoms with E-state index >= 15 is 0 Å². The first-order valence-corrected chi connectivity index (χ1v) is 10.0. The molecule has 5 rings (SSSR count). The van der Waals surface area contributed by atoms with E-state index in [9.17, 15) is 9.90 Å². The number of carbonyl (C=O) groups excluding carboxylic acids is 1. The smallest absolute Gasteiger partial charge is 0.321 e. The molecule has 3 fully saturated rings. The van der Waals surface area contributed by atoms with Gasteiger partial charge in [-0.25, -0.2) is 4.79 Å². The van der Waals surface area contributed by atoms with E-state index in [0.29, 0.717) is 24.6 Å². The molecule has 2 bridgehead atoms. The maximum absolute atomic E-state index is 11.2. The third kappa shape index (κ3) is 4.66. The van der Waals surface area contributed by atoms with E-state index in [4.69, 9.17) is 5.86 Å². The van der Waals surface area contributed by atoms with Gasteiger partial charge in [-0.05, 0) is 61.1 Å². The van der Waals surface area contributed by atoms with Gasteiger partial charge in [-0.2, -0.15) is 0 Å². The van der Waals surface area contributed by atoms with E-state index in [2.05, 4.69) is 28.3 Å². The van der Waals surface area contributed by atoms with E-state index in [-0.39, 0.29) is 6.04 Å². The number of thiol groups is 1. The largest absolute Gasteiger partial charge is 0.497 e. The van der Waals surface area contributed by atoms with Crippen LogP contribution >= 0.6 is 12.7 Å². The van der Waals surface area contributed by atoms with Crippen molar-refractivity contribution < 1.29 is 14.6 Å². The van der Waals surface area contributed by atoms with Crippen LogP contribution in [0.4, 0.5) is 4.79 Å². The first-order chi connectivity index (χ1) is 14.5. The molecular weight excluding hydrogens is 388 g/mol. The quantitative estimate of drug-likeness (QED) is 0.443. The van der Waals surface area contributed by atoms with Crippen LogP contribution in [0.15, 0.2) is 43.1 Å². The Balaban J connectivity index is 0.000000377. The normalized spacial score (nSPS) is 26.6. The number of aliphatic hydroxyl groups excluding tert-OH is 1. The van der Waals surface area contributed by atoms with Gasteiger partial charge < -0.3 is 15.6 Å². The molecule has 2 amide bonds. The average Bonchev–Trinajstić information content (AvgIpc) is 2.78. The van der Waals surface area contributed by atoms with Crippen molar-refractivity contribution in [3.8, 4) is 5.75 Å². The monoisotopic (exact) mass is 417 g/mol. The minimum absolute atomic E-state index is 0.178. The van der Waals surface area contributed by atoms with Crippen molar-refractivity contribution in [3.63, 3.8) is 0 Å². The summed E-state index contributed by atoms with van der Waals surface area (Å²) in [4.78, 5) is 16.4. The molecule has 2 aromatic rings. The van der Waals surface area contributed by atoms with Gasteiger partial charge >= 0.3 is 6.03 Å². The molecule has 3 aliphatic rings. The standard InChI is InChI=1S/C20H24N2O2.CH4N2OS/c1-3-13-12-22-9-7-14(13)10-19(22)20(23)16-6-8-21-18-5-4-15(24-2)11-17(16)18;2-1(4)3-5/h3-6,8,11,13-14,19-20,23H,1,7,9-10,12H2,2H3;5H,(H3,2,3,4)/t13-,14?,19-,20?;/m1./s1/i/hD. The Morgan fingerprint density at radius 3 is 3.00 bits per heavy atom. The van der Waals surface area contributed by atoms with Crippen molar-refractivity contribution in [1.82, 2.24) is 14.6 Å². The summed E-state index contributed by atoms with van der Waals surface area (Å²) in [6.07, 6.45) is 5.62. The van der Waals surface area contributed by atoms with Crippen molar-refractivity contribution >= 4 is 29.7 Å². The molecule has 4 heterocycles. The summed E-state index contributed by atoms with van der Waals surface area (Å²) in [7, 11) is 1.66. The second-order valence-corrected chi connectivity index (χ2v) is 7.64. The maximum Gasteiger partial charge on any atom is 0.321 e. The lowest BCUT2D eigenvalue weighted by Gasteiger charge is -2.50. The molecule has 4 N–H and O–H groups in total. The Hall–Kier alpha value is -2.29. The second-order valence-electron chi connectivity index (χ2n) is 7.44. The highest BCUT2D eigenvalue weighted by Crippen LogP contribution is 2.42. The lowest BCUT2D eigenvalue weighted by molar-refractivity contribution is -0.0444. The zero-order valence-electron chi connectivity index (χ0n) is 17.5. The van der Waals surface area contributed by atoms with E-state index in [1.54, 1.807) is 13.3 Å². The number of fused-ring (bicyclic) bond motifs is 4. The predicted molar refractivity (Wildman–Crippen MR) is 117 cm³/mol. The Kier molecular flexibility index (Phi) is 6.53. The Morgan fingerprint density at radius 2 is 2.41 bits per heavy atom. The first-order valence-electron chi connectivity index (χ1n) is 10.0. The van der Waals surface area contributed by atoms with Crippen LogP contribution in [0, 0.1) is 11.8 Å². The third-order valence-corrected chi connectivity index (χ3v) is 6.12. The van der Waals surface area contributed by atoms with Crippen molar-refractivity contribution in [2.75, 3.05) is 20.2 Å². The number of carbonyl (C=O) groups is 1. The Bertz CT molecular complexity index is 900. The predicted octanol–water partition coefficient (Wildman–Crippen LogP) is 2.67. The SMILES string of the molecule is C=C[C@@H]1CN2CCC1C[C@@H]2C(O)c1ccnc2ccc(OC)cc12.[2H]SNC(N)=O. The Labute approximate surface area is 177 Å². The summed E-state index contributed by atoms with van der Waals surface area (Å²) >= 11 is 0.435. The number of piperidine rings is 3. The lowest BCUT2D eigenvalue weighted by Crippen LogP contribution is -2.54. The number of ether oxygens (including phenoxy) is 1. The minimum Gasteiger partial charge on any atom is -0.497 e. The van der Waals surface area contributed by atoms with E-state index < -0.39 is 12.1 Å². The summed E-state index contributed by atoms with van der Waals surface area (Å²) in [5.74, 6) is 2.01.